The van der Waals surface area contributed by atoms with Crippen molar-refractivity contribution >= 4 is 11.6 Å². The van der Waals surface area contributed by atoms with Gasteiger partial charge in [0.25, 0.3) is 0 Å². The molecule has 2 aliphatic rings. The summed E-state index contributed by atoms with van der Waals surface area (Å²) < 4.78 is 19.5. The summed E-state index contributed by atoms with van der Waals surface area (Å²) in [4.78, 5) is 0. The van der Waals surface area contributed by atoms with E-state index in [1.807, 2.05) is 0 Å². The first kappa shape index (κ1) is 13.2. The van der Waals surface area contributed by atoms with Crippen molar-refractivity contribution in [3.05, 3.63) is 28.5 Å². The average Bonchev–Trinajstić information content (AvgIpc) is 3.22. The molecule has 1 heterocycles. The summed E-state index contributed by atoms with van der Waals surface area (Å²) in [6, 6.07) is 3.07. The molecule has 1 aliphatic heterocycles. The van der Waals surface area contributed by atoms with Crippen LogP contribution in [0.5, 0.6) is 5.75 Å². The number of benzene rings is 1. The number of hydrogen-bond acceptors (Lipinski definition) is 2. The van der Waals surface area contributed by atoms with E-state index in [9.17, 15) is 4.39 Å². The highest BCUT2D eigenvalue weighted by Gasteiger charge is 2.25. The Balaban J connectivity index is 1.85. The maximum absolute atomic E-state index is 13.6. The number of piperidine rings is 1. The van der Waals surface area contributed by atoms with Gasteiger partial charge in [0.05, 0.1) is 11.6 Å². The highest BCUT2D eigenvalue weighted by Crippen LogP contribution is 2.38. The van der Waals surface area contributed by atoms with E-state index in [1.54, 1.807) is 6.07 Å². The van der Waals surface area contributed by atoms with Gasteiger partial charge >= 0.3 is 0 Å². The molecule has 2 fully saturated rings. The molecule has 1 aromatic carbocycles. The predicted octanol–water partition coefficient (Wildman–Crippen LogP) is 4.08. The van der Waals surface area contributed by atoms with E-state index in [2.05, 4.69) is 5.32 Å². The van der Waals surface area contributed by atoms with Gasteiger partial charge in [0.15, 0.2) is 0 Å². The van der Waals surface area contributed by atoms with Crippen LogP contribution >= 0.6 is 11.6 Å². The number of nitrogens with one attached hydrogen (secondary N) is 1. The molecule has 19 heavy (non-hydrogen) atoms. The Morgan fingerprint density at radius 1 is 1.26 bits per heavy atom. The molecule has 0 aromatic heterocycles. The Bertz CT molecular complexity index is 456. The maximum Gasteiger partial charge on any atom is 0.142 e. The van der Waals surface area contributed by atoms with E-state index >= 15 is 0 Å². The van der Waals surface area contributed by atoms with Crippen LogP contribution in [0.15, 0.2) is 12.1 Å². The molecule has 1 unspecified atom stereocenters. The molecule has 1 aromatic rings. The zero-order valence-corrected chi connectivity index (χ0v) is 11.7. The smallest absolute Gasteiger partial charge is 0.142 e. The fourth-order valence-corrected chi connectivity index (χ4v) is 2.86. The molecule has 1 N–H and O–H groups in total. The topological polar surface area (TPSA) is 21.3 Å². The van der Waals surface area contributed by atoms with Crippen LogP contribution in [0, 0.1) is 11.7 Å². The summed E-state index contributed by atoms with van der Waals surface area (Å²) >= 11 is 6.16. The van der Waals surface area contributed by atoms with Gasteiger partial charge < -0.3 is 10.1 Å². The molecule has 1 saturated heterocycles. The van der Waals surface area contributed by atoms with Crippen LogP contribution < -0.4 is 10.1 Å². The summed E-state index contributed by atoms with van der Waals surface area (Å²) in [7, 11) is 0. The van der Waals surface area contributed by atoms with E-state index < -0.39 is 0 Å². The third-order valence-electron chi connectivity index (χ3n) is 3.88. The summed E-state index contributed by atoms with van der Waals surface area (Å²) in [6.45, 7) is 1.67. The van der Waals surface area contributed by atoms with Crippen molar-refractivity contribution in [2.24, 2.45) is 5.92 Å². The number of halogens is 2. The second-order valence-electron chi connectivity index (χ2n) is 5.56. The fraction of sp³-hybridized carbons (Fsp3) is 0.600. The van der Waals surface area contributed by atoms with Gasteiger partial charge in [-0.15, -0.1) is 0 Å². The Morgan fingerprint density at radius 3 is 2.79 bits per heavy atom. The minimum atomic E-state index is -0.286. The molecule has 1 atom stereocenters. The summed E-state index contributed by atoms with van der Waals surface area (Å²) in [6.07, 6.45) is 5.82. The Labute approximate surface area is 118 Å². The summed E-state index contributed by atoms with van der Waals surface area (Å²) in [5.41, 5.74) is 0.880. The van der Waals surface area contributed by atoms with Crippen molar-refractivity contribution in [1.29, 1.82) is 0 Å². The zero-order valence-electron chi connectivity index (χ0n) is 10.9. The molecule has 1 aliphatic carbocycles. The van der Waals surface area contributed by atoms with E-state index in [-0.39, 0.29) is 11.9 Å². The lowest BCUT2D eigenvalue weighted by Crippen LogP contribution is -2.27. The monoisotopic (exact) mass is 283 g/mol. The van der Waals surface area contributed by atoms with Gasteiger partial charge in [-0.1, -0.05) is 18.0 Å². The van der Waals surface area contributed by atoms with Crippen molar-refractivity contribution in [3.8, 4) is 5.75 Å². The highest BCUT2D eigenvalue weighted by molar-refractivity contribution is 6.32. The lowest BCUT2D eigenvalue weighted by atomic mass is 9.96. The minimum Gasteiger partial charge on any atom is -0.491 e. The standard InChI is InChI=1S/C15H19ClFNO/c16-13-8-11(17)7-12(14-3-1-2-6-18-14)15(13)19-9-10-4-5-10/h7-8,10,14,18H,1-6,9H2. The number of rotatable bonds is 4. The molecular formula is C15H19ClFNO. The van der Waals surface area contributed by atoms with Gasteiger partial charge in [0.2, 0.25) is 0 Å². The first-order chi connectivity index (χ1) is 9.24. The van der Waals surface area contributed by atoms with E-state index in [0.29, 0.717) is 23.3 Å². The molecule has 1 saturated carbocycles. The Morgan fingerprint density at radius 2 is 2.11 bits per heavy atom. The lowest BCUT2D eigenvalue weighted by molar-refractivity contribution is 0.289. The van der Waals surface area contributed by atoms with Crippen molar-refractivity contribution in [2.75, 3.05) is 13.2 Å². The first-order valence-electron chi connectivity index (χ1n) is 7.09. The molecule has 0 radical (unpaired) electrons. The molecule has 0 bridgehead atoms. The largest absolute Gasteiger partial charge is 0.491 e. The second-order valence-corrected chi connectivity index (χ2v) is 5.97. The Kier molecular flexibility index (Phi) is 3.94. The third-order valence-corrected chi connectivity index (χ3v) is 4.16. The van der Waals surface area contributed by atoms with Crippen LogP contribution in [0.25, 0.3) is 0 Å². The van der Waals surface area contributed by atoms with Crippen LogP contribution in [0.2, 0.25) is 5.02 Å². The van der Waals surface area contributed by atoms with Crippen LogP contribution in [0.4, 0.5) is 4.39 Å². The van der Waals surface area contributed by atoms with Gasteiger partial charge in [-0.3, -0.25) is 0 Å². The predicted molar refractivity (Wildman–Crippen MR) is 74.2 cm³/mol. The molecule has 0 amide bonds. The fourth-order valence-electron chi connectivity index (χ4n) is 2.59. The van der Waals surface area contributed by atoms with Crippen LogP contribution in [0.3, 0.4) is 0 Å². The third kappa shape index (κ3) is 3.21. The van der Waals surface area contributed by atoms with Crippen molar-refractivity contribution in [2.45, 2.75) is 38.1 Å². The van der Waals surface area contributed by atoms with Crippen molar-refractivity contribution in [1.82, 2.24) is 5.32 Å². The second kappa shape index (κ2) is 5.68. The van der Waals surface area contributed by atoms with Gasteiger partial charge in [0.1, 0.15) is 11.6 Å². The molecule has 3 rings (SSSR count). The number of hydrogen-bond donors (Lipinski definition) is 1. The minimum absolute atomic E-state index is 0.163. The quantitative estimate of drug-likeness (QED) is 0.899. The molecule has 2 nitrogen and oxygen atoms in total. The van der Waals surface area contributed by atoms with Gasteiger partial charge in [-0.2, -0.15) is 0 Å². The number of ether oxygens (including phenoxy) is 1. The molecular weight excluding hydrogens is 265 g/mol. The lowest BCUT2D eigenvalue weighted by Gasteiger charge is -2.26. The van der Waals surface area contributed by atoms with Crippen LogP contribution in [0.1, 0.15) is 43.7 Å². The molecule has 104 valence electrons. The van der Waals surface area contributed by atoms with Crippen molar-refractivity contribution < 1.29 is 9.13 Å². The molecule has 0 spiro atoms. The van der Waals surface area contributed by atoms with Gasteiger partial charge in [-0.25, -0.2) is 4.39 Å². The normalized spacial score (nSPS) is 23.4. The van der Waals surface area contributed by atoms with E-state index in [0.717, 1.165) is 24.9 Å². The van der Waals surface area contributed by atoms with Crippen LogP contribution in [-0.2, 0) is 0 Å². The summed E-state index contributed by atoms with van der Waals surface area (Å²) in [5.74, 6) is 1.05. The van der Waals surface area contributed by atoms with E-state index in [4.69, 9.17) is 16.3 Å². The van der Waals surface area contributed by atoms with Gasteiger partial charge in [0, 0.05) is 11.6 Å². The highest BCUT2D eigenvalue weighted by atomic mass is 35.5. The van der Waals surface area contributed by atoms with E-state index in [1.165, 1.54) is 25.3 Å². The first-order valence-corrected chi connectivity index (χ1v) is 7.47. The van der Waals surface area contributed by atoms with Crippen LogP contribution in [-0.4, -0.2) is 13.2 Å². The van der Waals surface area contributed by atoms with Crippen molar-refractivity contribution in [3.63, 3.8) is 0 Å². The Hall–Kier alpha value is -0.800. The maximum atomic E-state index is 13.6. The molecule has 4 heteroatoms. The summed E-state index contributed by atoms with van der Waals surface area (Å²) in [5, 5.41) is 3.82. The van der Waals surface area contributed by atoms with Gasteiger partial charge in [-0.05, 0) is 50.3 Å². The zero-order chi connectivity index (χ0) is 13.2. The SMILES string of the molecule is Fc1cc(Cl)c(OCC2CC2)c(C2CCCCN2)c1. The average molecular weight is 284 g/mol.